The van der Waals surface area contributed by atoms with Gasteiger partial charge in [-0.1, -0.05) is 32.6 Å². The number of rotatable bonds is 6. The number of hydrogen-bond donors (Lipinski definition) is 1. The molecule has 0 aliphatic carbocycles. The van der Waals surface area contributed by atoms with E-state index in [4.69, 9.17) is 0 Å². The number of fused-ring (bicyclic) bond motifs is 1. The highest BCUT2D eigenvalue weighted by Crippen LogP contribution is 2.10. The number of hydrogen-bond acceptors (Lipinski definition) is 1. The number of nitrogens with zero attached hydrogens (tertiary/aromatic N) is 2. The Balaban J connectivity index is 2.21. The van der Waals surface area contributed by atoms with Gasteiger partial charge >= 0.3 is 0 Å². The number of nitrogens with one attached hydrogen (secondary N) is 1. The fraction of sp³-hybridized carbons (Fsp3) is 0.375. The molecule has 106 valence electrons. The van der Waals surface area contributed by atoms with Crippen molar-refractivity contribution in [3.8, 4) is 0 Å². The van der Waals surface area contributed by atoms with E-state index in [0.717, 1.165) is 23.9 Å². The molecule has 0 fully saturated rings. The molecule has 0 aliphatic rings. The van der Waals surface area contributed by atoms with E-state index in [2.05, 4.69) is 25.7 Å². The summed E-state index contributed by atoms with van der Waals surface area (Å²) in [6.45, 7) is 8.31. The van der Waals surface area contributed by atoms with E-state index in [1.165, 1.54) is 0 Å². The number of para-hydroxylation sites is 2. The molecule has 1 amide bonds. The van der Waals surface area contributed by atoms with Crippen LogP contribution in [0.4, 0.5) is 0 Å². The van der Waals surface area contributed by atoms with Crippen molar-refractivity contribution in [3.63, 3.8) is 0 Å². The number of amides is 1. The molecule has 0 bridgehead atoms. The molecule has 1 aromatic carbocycles. The number of imidazole rings is 1. The average molecular weight is 272 g/mol. The van der Waals surface area contributed by atoms with Gasteiger partial charge in [0, 0.05) is 6.04 Å². The summed E-state index contributed by atoms with van der Waals surface area (Å²) in [6.07, 6.45) is 5.57. The zero-order chi connectivity index (χ0) is 14.5. The van der Waals surface area contributed by atoms with Crippen LogP contribution in [0.1, 0.15) is 26.7 Å². The third-order valence-electron chi connectivity index (χ3n) is 3.59. The summed E-state index contributed by atoms with van der Waals surface area (Å²) in [5.74, 6) is 0.0515. The molecule has 2 rings (SSSR count). The van der Waals surface area contributed by atoms with Gasteiger partial charge in [0.2, 0.25) is 6.33 Å². The summed E-state index contributed by atoms with van der Waals surface area (Å²) in [7, 11) is 0. The third kappa shape index (κ3) is 2.90. The van der Waals surface area contributed by atoms with E-state index in [0.29, 0.717) is 6.54 Å². The van der Waals surface area contributed by atoms with Crippen LogP contribution in [0.3, 0.4) is 0 Å². The molecule has 0 saturated carbocycles. The highest BCUT2D eigenvalue weighted by atomic mass is 16.2. The molecule has 2 aromatic rings. The number of carbonyl (C=O) groups is 1. The van der Waals surface area contributed by atoms with Crippen molar-refractivity contribution in [2.45, 2.75) is 39.3 Å². The molecule has 0 saturated heterocycles. The fourth-order valence-corrected chi connectivity index (χ4v) is 2.39. The Morgan fingerprint density at radius 2 is 2.10 bits per heavy atom. The minimum Gasteiger partial charge on any atom is -0.350 e. The van der Waals surface area contributed by atoms with Gasteiger partial charge in [-0.2, -0.15) is 0 Å². The van der Waals surface area contributed by atoms with E-state index >= 15 is 0 Å². The smallest absolute Gasteiger partial charge is 0.262 e. The predicted molar refractivity (Wildman–Crippen MR) is 81.0 cm³/mol. The largest absolute Gasteiger partial charge is 0.350 e. The molecule has 1 N–H and O–H groups in total. The lowest BCUT2D eigenvalue weighted by Gasteiger charge is -2.13. The van der Waals surface area contributed by atoms with Gasteiger partial charge in [-0.3, -0.25) is 4.79 Å². The van der Waals surface area contributed by atoms with Gasteiger partial charge in [0.1, 0.15) is 0 Å². The Bertz CT molecular complexity index is 611. The van der Waals surface area contributed by atoms with E-state index in [1.807, 2.05) is 39.7 Å². The quantitative estimate of drug-likeness (QED) is 0.805. The second-order valence-corrected chi connectivity index (χ2v) is 4.90. The zero-order valence-corrected chi connectivity index (χ0v) is 12.2. The Kier molecular flexibility index (Phi) is 4.56. The first-order valence-electron chi connectivity index (χ1n) is 7.10. The van der Waals surface area contributed by atoms with Crippen LogP contribution in [0.2, 0.25) is 0 Å². The first-order chi connectivity index (χ1) is 9.69. The molecular weight excluding hydrogens is 250 g/mol. The van der Waals surface area contributed by atoms with Gasteiger partial charge in [-0.05, 0) is 25.0 Å². The minimum absolute atomic E-state index is 0.0515. The van der Waals surface area contributed by atoms with Crippen LogP contribution in [0.15, 0.2) is 37.2 Å². The summed E-state index contributed by atoms with van der Waals surface area (Å²) >= 11 is 0. The second-order valence-electron chi connectivity index (χ2n) is 4.90. The normalized spacial score (nSPS) is 10.9. The number of benzene rings is 1. The van der Waals surface area contributed by atoms with Gasteiger partial charge in [-0.25, -0.2) is 9.13 Å². The Morgan fingerprint density at radius 3 is 2.75 bits per heavy atom. The van der Waals surface area contributed by atoms with Crippen molar-refractivity contribution in [2.75, 3.05) is 0 Å². The number of carbonyl (C=O) groups excluding carboxylic acids is 1. The van der Waals surface area contributed by atoms with Crippen molar-refractivity contribution in [1.82, 2.24) is 9.88 Å². The van der Waals surface area contributed by atoms with Gasteiger partial charge in [0.15, 0.2) is 17.6 Å². The summed E-state index contributed by atoms with van der Waals surface area (Å²) in [6, 6.07) is 8.25. The Morgan fingerprint density at radius 1 is 1.40 bits per heavy atom. The van der Waals surface area contributed by atoms with Crippen LogP contribution in [0.5, 0.6) is 0 Å². The van der Waals surface area contributed by atoms with Gasteiger partial charge in [-0.15, -0.1) is 0 Å². The molecule has 0 radical (unpaired) electrons. The minimum atomic E-state index is 0.0515. The first kappa shape index (κ1) is 14.3. The maximum Gasteiger partial charge on any atom is 0.262 e. The summed E-state index contributed by atoms with van der Waals surface area (Å²) < 4.78 is 3.88. The second kappa shape index (κ2) is 6.37. The van der Waals surface area contributed by atoms with Crippen LogP contribution in [-0.4, -0.2) is 16.5 Å². The van der Waals surface area contributed by atoms with Crippen molar-refractivity contribution < 1.29 is 9.36 Å². The van der Waals surface area contributed by atoms with Gasteiger partial charge in [0.25, 0.3) is 5.91 Å². The van der Waals surface area contributed by atoms with Crippen LogP contribution in [0.25, 0.3) is 17.2 Å². The Hall–Kier alpha value is -2.10. The van der Waals surface area contributed by atoms with Crippen LogP contribution in [-0.2, 0) is 11.3 Å². The van der Waals surface area contributed by atoms with E-state index in [9.17, 15) is 4.79 Å². The van der Waals surface area contributed by atoms with Gasteiger partial charge < -0.3 is 5.32 Å². The van der Waals surface area contributed by atoms with Crippen molar-refractivity contribution >= 4 is 23.1 Å². The van der Waals surface area contributed by atoms with Crippen LogP contribution < -0.4 is 9.88 Å². The topological polar surface area (TPSA) is 37.9 Å². The molecule has 0 spiro atoms. The molecule has 0 unspecified atom stereocenters. The van der Waals surface area contributed by atoms with E-state index in [-0.39, 0.29) is 11.9 Å². The lowest BCUT2D eigenvalue weighted by molar-refractivity contribution is -0.659. The lowest BCUT2D eigenvalue weighted by atomic mass is 10.2. The average Bonchev–Trinajstić information content (AvgIpc) is 2.83. The highest BCUT2D eigenvalue weighted by molar-refractivity contribution is 5.77. The van der Waals surface area contributed by atoms with Crippen molar-refractivity contribution in [1.29, 1.82) is 0 Å². The first-order valence-corrected chi connectivity index (χ1v) is 7.10. The van der Waals surface area contributed by atoms with Gasteiger partial charge in [0.05, 0.1) is 6.20 Å². The van der Waals surface area contributed by atoms with Crippen molar-refractivity contribution in [3.05, 3.63) is 37.2 Å². The lowest BCUT2D eigenvalue weighted by Crippen LogP contribution is -2.45. The summed E-state index contributed by atoms with van der Waals surface area (Å²) in [5, 5.41) is 3.06. The van der Waals surface area contributed by atoms with E-state index in [1.54, 1.807) is 6.20 Å². The molecule has 0 atom stereocenters. The maximum atomic E-state index is 12.1. The standard InChI is InChI=1S/C16H21N3O/c1-4-13(5-2)17-16(20)11-19-12-18(6-3)14-9-7-8-10-15(14)19/h6-10,12-13H,3-5,11H2,1-2H3/p+1. The fourth-order valence-electron chi connectivity index (χ4n) is 2.39. The number of aromatic nitrogens is 2. The SMILES string of the molecule is C=Cn1c[n+](CC(=O)NC(CC)CC)c2ccccc21. The summed E-state index contributed by atoms with van der Waals surface area (Å²) in [4.78, 5) is 12.1. The zero-order valence-electron chi connectivity index (χ0n) is 12.2. The monoisotopic (exact) mass is 272 g/mol. The summed E-state index contributed by atoms with van der Waals surface area (Å²) in [5.41, 5.74) is 2.09. The highest BCUT2D eigenvalue weighted by Gasteiger charge is 2.17. The third-order valence-corrected chi connectivity index (χ3v) is 3.59. The molecule has 1 aromatic heterocycles. The molecular formula is C16H22N3O+. The molecule has 0 aliphatic heterocycles. The molecule has 1 heterocycles. The molecule has 20 heavy (non-hydrogen) atoms. The predicted octanol–water partition coefficient (Wildman–Crippen LogP) is 2.33. The van der Waals surface area contributed by atoms with Crippen molar-refractivity contribution in [2.24, 2.45) is 0 Å². The van der Waals surface area contributed by atoms with Crippen LogP contribution >= 0.6 is 0 Å². The van der Waals surface area contributed by atoms with E-state index < -0.39 is 0 Å². The molecule has 4 nitrogen and oxygen atoms in total. The molecule has 4 heteroatoms. The maximum absolute atomic E-state index is 12.1. The van der Waals surface area contributed by atoms with Crippen LogP contribution in [0, 0.1) is 0 Å². The Labute approximate surface area is 119 Å².